The summed E-state index contributed by atoms with van der Waals surface area (Å²) in [5.41, 5.74) is 2.19. The van der Waals surface area contributed by atoms with E-state index in [0.29, 0.717) is 17.9 Å². The van der Waals surface area contributed by atoms with Gasteiger partial charge in [0.1, 0.15) is 0 Å². The lowest BCUT2D eigenvalue weighted by molar-refractivity contribution is 0.423. The van der Waals surface area contributed by atoms with E-state index in [9.17, 15) is 0 Å². The Hall–Kier alpha value is -2.37. The molecule has 0 amide bonds. The van der Waals surface area contributed by atoms with Crippen LogP contribution in [0.1, 0.15) is 46.0 Å². The van der Waals surface area contributed by atoms with E-state index in [-0.39, 0.29) is 0 Å². The zero-order chi connectivity index (χ0) is 18.9. The Balaban J connectivity index is 1.93. The van der Waals surface area contributed by atoms with Crippen molar-refractivity contribution in [2.45, 2.75) is 53.5 Å². The number of rotatable bonds is 8. The topological polar surface area (TPSA) is 75.3 Å². The average molecular weight is 358 g/mol. The van der Waals surface area contributed by atoms with Gasteiger partial charge in [-0.2, -0.15) is 4.98 Å². The lowest BCUT2D eigenvalue weighted by Gasteiger charge is -2.20. The number of nitrogens with zero attached hydrogens (tertiary/aromatic N) is 3. The number of aryl methyl sites for hydroxylation is 1. The fourth-order valence-electron chi connectivity index (χ4n) is 2.33. The van der Waals surface area contributed by atoms with Crippen LogP contribution in [0.5, 0.6) is 0 Å². The Morgan fingerprint density at radius 1 is 1.15 bits per heavy atom. The molecule has 0 aliphatic rings. The van der Waals surface area contributed by atoms with E-state index in [1.807, 2.05) is 19.1 Å². The summed E-state index contributed by atoms with van der Waals surface area (Å²) < 4.78 is 5.28. The zero-order valence-electron chi connectivity index (χ0n) is 16.5. The molecule has 1 aromatic heterocycles. The SMILES string of the molecule is CCNC(=NCCc1ccc(-c2nc(CC)no2)cc1)NC(C)C(C)C. The fourth-order valence-corrected chi connectivity index (χ4v) is 2.33. The number of hydrogen-bond donors (Lipinski definition) is 2. The molecule has 2 aromatic rings. The summed E-state index contributed by atoms with van der Waals surface area (Å²) in [4.78, 5) is 9.04. The first-order valence-corrected chi connectivity index (χ1v) is 9.50. The predicted molar refractivity (Wildman–Crippen MR) is 106 cm³/mol. The Kier molecular flexibility index (Phi) is 7.63. The minimum absolute atomic E-state index is 0.384. The van der Waals surface area contributed by atoms with Gasteiger partial charge in [0.25, 0.3) is 5.89 Å². The van der Waals surface area contributed by atoms with Crippen LogP contribution in [0.15, 0.2) is 33.8 Å². The fraction of sp³-hybridized carbons (Fsp3) is 0.550. The smallest absolute Gasteiger partial charge is 0.257 e. The molecule has 0 saturated heterocycles. The van der Waals surface area contributed by atoms with Gasteiger partial charge < -0.3 is 15.2 Å². The van der Waals surface area contributed by atoms with Crippen LogP contribution in [0.3, 0.4) is 0 Å². The van der Waals surface area contributed by atoms with Crippen molar-refractivity contribution >= 4 is 5.96 Å². The van der Waals surface area contributed by atoms with Gasteiger partial charge in [-0.05, 0) is 43.9 Å². The van der Waals surface area contributed by atoms with Gasteiger partial charge in [-0.25, -0.2) is 0 Å². The first kappa shape index (κ1) is 19.9. The van der Waals surface area contributed by atoms with Gasteiger partial charge in [0.05, 0.1) is 0 Å². The average Bonchev–Trinajstić information content (AvgIpc) is 3.11. The highest BCUT2D eigenvalue weighted by atomic mass is 16.5. The molecule has 26 heavy (non-hydrogen) atoms. The molecule has 1 atom stereocenters. The Morgan fingerprint density at radius 3 is 2.46 bits per heavy atom. The summed E-state index contributed by atoms with van der Waals surface area (Å²) in [6.07, 6.45) is 1.66. The monoisotopic (exact) mass is 357 g/mol. The molecule has 0 spiro atoms. The molecule has 142 valence electrons. The maximum Gasteiger partial charge on any atom is 0.257 e. The predicted octanol–water partition coefficient (Wildman–Crippen LogP) is 3.44. The van der Waals surface area contributed by atoms with E-state index < -0.39 is 0 Å². The summed E-state index contributed by atoms with van der Waals surface area (Å²) in [5.74, 6) is 2.75. The van der Waals surface area contributed by atoms with E-state index in [0.717, 1.165) is 43.3 Å². The zero-order valence-corrected chi connectivity index (χ0v) is 16.5. The van der Waals surface area contributed by atoms with Gasteiger partial charge in [-0.15, -0.1) is 0 Å². The highest BCUT2D eigenvalue weighted by molar-refractivity contribution is 5.80. The van der Waals surface area contributed by atoms with Crippen molar-refractivity contribution in [3.05, 3.63) is 35.7 Å². The summed E-state index contributed by atoms with van der Waals surface area (Å²) in [5, 5.41) is 10.7. The van der Waals surface area contributed by atoms with E-state index >= 15 is 0 Å². The second-order valence-corrected chi connectivity index (χ2v) is 6.75. The molecule has 1 heterocycles. The third-order valence-electron chi connectivity index (χ3n) is 4.36. The van der Waals surface area contributed by atoms with Gasteiger partial charge in [0, 0.05) is 31.1 Å². The lowest BCUT2D eigenvalue weighted by atomic mass is 10.1. The maximum absolute atomic E-state index is 5.28. The summed E-state index contributed by atoms with van der Waals surface area (Å²) >= 11 is 0. The first-order chi connectivity index (χ1) is 12.5. The van der Waals surface area contributed by atoms with Crippen molar-refractivity contribution in [3.8, 4) is 11.5 Å². The molecule has 1 unspecified atom stereocenters. The standard InChI is InChI=1S/C20H31N5O/c1-6-18-24-19(26-25-18)17-10-8-16(9-11-17)12-13-22-20(21-7-2)23-15(5)14(3)4/h8-11,14-15H,6-7,12-13H2,1-5H3,(H2,21,22,23). The molecule has 0 saturated carbocycles. The van der Waals surface area contributed by atoms with Crippen LogP contribution in [0.4, 0.5) is 0 Å². The highest BCUT2D eigenvalue weighted by Crippen LogP contribution is 2.18. The molecule has 1 aromatic carbocycles. The first-order valence-electron chi connectivity index (χ1n) is 9.50. The van der Waals surface area contributed by atoms with Crippen molar-refractivity contribution in [2.75, 3.05) is 13.1 Å². The number of hydrogen-bond acceptors (Lipinski definition) is 4. The minimum atomic E-state index is 0.384. The minimum Gasteiger partial charge on any atom is -0.357 e. The summed E-state index contributed by atoms with van der Waals surface area (Å²) in [6, 6.07) is 8.62. The van der Waals surface area contributed by atoms with E-state index in [1.54, 1.807) is 0 Å². The Bertz CT molecular complexity index is 690. The van der Waals surface area contributed by atoms with Crippen LogP contribution in [0, 0.1) is 5.92 Å². The second kappa shape index (κ2) is 9.94. The molecular weight excluding hydrogens is 326 g/mol. The number of benzene rings is 1. The molecule has 0 aliphatic heterocycles. The molecule has 2 rings (SSSR count). The second-order valence-electron chi connectivity index (χ2n) is 6.75. The largest absolute Gasteiger partial charge is 0.357 e. The van der Waals surface area contributed by atoms with Crippen molar-refractivity contribution in [1.29, 1.82) is 0 Å². The molecule has 0 bridgehead atoms. The summed E-state index contributed by atoms with van der Waals surface area (Å²) in [7, 11) is 0. The van der Waals surface area contributed by atoms with Crippen LogP contribution in [-0.2, 0) is 12.8 Å². The molecule has 6 heteroatoms. The van der Waals surface area contributed by atoms with E-state index in [4.69, 9.17) is 4.52 Å². The van der Waals surface area contributed by atoms with Gasteiger partial charge in [0.15, 0.2) is 11.8 Å². The molecule has 2 N–H and O–H groups in total. The Labute approximate surface area is 156 Å². The Morgan fingerprint density at radius 2 is 1.88 bits per heavy atom. The van der Waals surface area contributed by atoms with E-state index in [2.05, 4.69) is 65.6 Å². The third-order valence-corrected chi connectivity index (χ3v) is 4.36. The number of guanidine groups is 1. The van der Waals surface area contributed by atoms with Gasteiger partial charge in [-0.1, -0.05) is 38.1 Å². The van der Waals surface area contributed by atoms with Crippen LogP contribution in [-0.4, -0.2) is 35.2 Å². The van der Waals surface area contributed by atoms with Gasteiger partial charge in [0.2, 0.25) is 0 Å². The summed E-state index contributed by atoms with van der Waals surface area (Å²) in [6.45, 7) is 12.3. The number of aliphatic imine (C=N–C) groups is 1. The lowest BCUT2D eigenvalue weighted by Crippen LogP contribution is -2.44. The van der Waals surface area contributed by atoms with E-state index in [1.165, 1.54) is 5.56 Å². The molecule has 0 aliphatic carbocycles. The number of aromatic nitrogens is 2. The molecule has 0 fully saturated rings. The van der Waals surface area contributed by atoms with Crippen LogP contribution in [0.25, 0.3) is 11.5 Å². The van der Waals surface area contributed by atoms with Crippen molar-refractivity contribution in [2.24, 2.45) is 10.9 Å². The van der Waals surface area contributed by atoms with Crippen LogP contribution < -0.4 is 10.6 Å². The van der Waals surface area contributed by atoms with Gasteiger partial charge >= 0.3 is 0 Å². The molecule has 0 radical (unpaired) electrons. The molecule has 6 nitrogen and oxygen atoms in total. The normalized spacial score (nSPS) is 13.1. The maximum atomic E-state index is 5.28. The van der Waals surface area contributed by atoms with Crippen LogP contribution in [0.2, 0.25) is 0 Å². The van der Waals surface area contributed by atoms with Crippen LogP contribution >= 0.6 is 0 Å². The highest BCUT2D eigenvalue weighted by Gasteiger charge is 2.09. The third kappa shape index (κ3) is 5.86. The van der Waals surface area contributed by atoms with Crippen molar-refractivity contribution < 1.29 is 4.52 Å². The van der Waals surface area contributed by atoms with Crippen molar-refractivity contribution in [3.63, 3.8) is 0 Å². The number of nitrogens with one attached hydrogen (secondary N) is 2. The molecular formula is C20H31N5O. The quantitative estimate of drug-likeness (QED) is 0.559. The van der Waals surface area contributed by atoms with Gasteiger partial charge in [-0.3, -0.25) is 4.99 Å². The van der Waals surface area contributed by atoms with Crippen molar-refractivity contribution in [1.82, 2.24) is 20.8 Å².